The van der Waals surface area contributed by atoms with Crippen LogP contribution in [-0.4, -0.2) is 15.5 Å². The Balaban J connectivity index is 1.71. The van der Waals surface area contributed by atoms with Crippen molar-refractivity contribution in [2.24, 2.45) is 0 Å². The van der Waals surface area contributed by atoms with Gasteiger partial charge in [-0.2, -0.15) is 0 Å². The molecule has 0 aliphatic rings. The van der Waals surface area contributed by atoms with Crippen LogP contribution in [0.4, 0.5) is 0 Å². The lowest BCUT2D eigenvalue weighted by atomic mass is 10.1. The molecule has 0 aliphatic carbocycles. The molecule has 3 aromatic rings. The average Bonchev–Trinajstić information content (AvgIpc) is 2.65. The number of nitrogens with one attached hydrogen (secondary N) is 1. The Morgan fingerprint density at radius 2 is 1.89 bits per heavy atom. The first kappa shape index (κ1) is 18.8. The van der Waals surface area contributed by atoms with Crippen molar-refractivity contribution in [2.75, 3.05) is 0 Å². The van der Waals surface area contributed by atoms with Gasteiger partial charge in [0, 0.05) is 25.9 Å². The molecule has 0 unspecified atom stereocenters. The van der Waals surface area contributed by atoms with Crippen LogP contribution in [0.3, 0.4) is 0 Å². The van der Waals surface area contributed by atoms with Crippen LogP contribution in [0.2, 0.25) is 0 Å². The van der Waals surface area contributed by atoms with Crippen molar-refractivity contribution < 1.29 is 4.79 Å². The van der Waals surface area contributed by atoms with E-state index in [2.05, 4.69) is 16.4 Å². The van der Waals surface area contributed by atoms with Gasteiger partial charge in [0.2, 0.25) is 5.91 Å². The fourth-order valence-corrected chi connectivity index (χ4v) is 3.23. The van der Waals surface area contributed by atoms with Gasteiger partial charge in [-0.25, -0.2) is 4.98 Å². The summed E-state index contributed by atoms with van der Waals surface area (Å²) in [5.41, 5.74) is 3.93. The highest BCUT2D eigenvalue weighted by Gasteiger charge is 2.12. The first-order valence-corrected chi connectivity index (χ1v) is 9.30. The second kappa shape index (κ2) is 8.16. The molecule has 5 nitrogen and oxygen atoms in total. The van der Waals surface area contributed by atoms with E-state index in [4.69, 9.17) is 0 Å². The SMILES string of the molecule is CCn1c(CCC(=O)NCc2cccc(C)c2)nc2ccc(C)cc2c1=O. The predicted molar refractivity (Wildman–Crippen MR) is 108 cm³/mol. The number of amides is 1. The zero-order valence-corrected chi connectivity index (χ0v) is 16.1. The highest BCUT2D eigenvalue weighted by atomic mass is 16.1. The molecule has 0 aliphatic heterocycles. The Bertz CT molecular complexity index is 1040. The molecule has 1 N–H and O–H groups in total. The molecule has 2 aromatic carbocycles. The van der Waals surface area contributed by atoms with E-state index in [1.807, 2.05) is 57.2 Å². The van der Waals surface area contributed by atoms with Crippen molar-refractivity contribution in [3.8, 4) is 0 Å². The molecule has 0 fully saturated rings. The number of aryl methyl sites for hydroxylation is 3. The summed E-state index contributed by atoms with van der Waals surface area (Å²) in [5, 5.41) is 3.57. The summed E-state index contributed by atoms with van der Waals surface area (Å²) in [6.07, 6.45) is 0.738. The van der Waals surface area contributed by atoms with Crippen molar-refractivity contribution in [2.45, 2.75) is 46.7 Å². The summed E-state index contributed by atoms with van der Waals surface area (Å²) in [6.45, 7) is 6.96. The maximum Gasteiger partial charge on any atom is 0.261 e. The number of fused-ring (bicyclic) bond motifs is 1. The summed E-state index contributed by atoms with van der Waals surface area (Å²) < 4.78 is 1.66. The van der Waals surface area contributed by atoms with Crippen molar-refractivity contribution in [1.82, 2.24) is 14.9 Å². The Kier molecular flexibility index (Phi) is 5.69. The first-order chi connectivity index (χ1) is 13.0. The summed E-state index contributed by atoms with van der Waals surface area (Å²) in [5.74, 6) is 0.613. The molecule has 0 saturated carbocycles. The van der Waals surface area contributed by atoms with E-state index in [1.54, 1.807) is 4.57 Å². The predicted octanol–water partition coefficient (Wildman–Crippen LogP) is 3.28. The Morgan fingerprint density at radius 3 is 2.63 bits per heavy atom. The third kappa shape index (κ3) is 4.42. The molecular weight excluding hydrogens is 338 g/mol. The molecule has 1 amide bonds. The minimum Gasteiger partial charge on any atom is -0.352 e. The molecule has 1 aromatic heterocycles. The van der Waals surface area contributed by atoms with Crippen LogP contribution in [0.25, 0.3) is 10.9 Å². The molecular formula is C22H25N3O2. The molecule has 0 spiro atoms. The van der Waals surface area contributed by atoms with E-state index in [1.165, 1.54) is 5.56 Å². The fraction of sp³-hybridized carbons (Fsp3) is 0.318. The molecule has 3 rings (SSSR count). The molecule has 27 heavy (non-hydrogen) atoms. The molecule has 0 saturated heterocycles. The molecule has 1 heterocycles. The maximum absolute atomic E-state index is 12.7. The van der Waals surface area contributed by atoms with Crippen LogP contribution in [0.1, 0.15) is 35.9 Å². The zero-order chi connectivity index (χ0) is 19.4. The molecule has 0 radical (unpaired) electrons. The standard InChI is InChI=1S/C22H25N3O2/c1-4-25-20(24-19-9-8-16(3)13-18(19)22(25)27)10-11-21(26)23-14-17-7-5-6-15(2)12-17/h5-9,12-13H,4,10-11,14H2,1-3H3,(H,23,26). The summed E-state index contributed by atoms with van der Waals surface area (Å²) >= 11 is 0. The van der Waals surface area contributed by atoms with E-state index >= 15 is 0 Å². The van der Waals surface area contributed by atoms with E-state index in [9.17, 15) is 9.59 Å². The zero-order valence-electron chi connectivity index (χ0n) is 16.1. The molecule has 0 atom stereocenters. The van der Waals surface area contributed by atoms with Gasteiger partial charge in [0.05, 0.1) is 10.9 Å². The number of carbonyl (C=O) groups excluding carboxylic acids is 1. The monoisotopic (exact) mass is 363 g/mol. The highest BCUT2D eigenvalue weighted by molar-refractivity contribution is 5.79. The largest absolute Gasteiger partial charge is 0.352 e. The summed E-state index contributed by atoms with van der Waals surface area (Å²) in [4.78, 5) is 29.6. The second-order valence-corrected chi connectivity index (χ2v) is 6.86. The lowest BCUT2D eigenvalue weighted by molar-refractivity contribution is -0.121. The third-order valence-corrected chi connectivity index (χ3v) is 4.65. The topological polar surface area (TPSA) is 64.0 Å². The minimum atomic E-state index is -0.0441. The number of benzene rings is 2. The van der Waals surface area contributed by atoms with Gasteiger partial charge in [-0.1, -0.05) is 41.5 Å². The Morgan fingerprint density at radius 1 is 1.11 bits per heavy atom. The van der Waals surface area contributed by atoms with Gasteiger partial charge in [-0.15, -0.1) is 0 Å². The molecule has 0 bridgehead atoms. The van der Waals surface area contributed by atoms with Gasteiger partial charge >= 0.3 is 0 Å². The number of rotatable bonds is 6. The van der Waals surface area contributed by atoms with E-state index < -0.39 is 0 Å². The number of hydrogen-bond donors (Lipinski definition) is 1. The first-order valence-electron chi connectivity index (χ1n) is 9.30. The van der Waals surface area contributed by atoms with Crippen LogP contribution in [0.5, 0.6) is 0 Å². The van der Waals surface area contributed by atoms with Crippen LogP contribution in [0.15, 0.2) is 47.3 Å². The van der Waals surface area contributed by atoms with E-state index in [0.717, 1.165) is 11.1 Å². The lowest BCUT2D eigenvalue weighted by Crippen LogP contribution is -2.27. The van der Waals surface area contributed by atoms with Crippen molar-refractivity contribution in [3.63, 3.8) is 0 Å². The highest BCUT2D eigenvalue weighted by Crippen LogP contribution is 2.12. The van der Waals surface area contributed by atoms with Crippen molar-refractivity contribution >= 4 is 16.8 Å². The van der Waals surface area contributed by atoms with Crippen LogP contribution < -0.4 is 10.9 Å². The normalized spacial score (nSPS) is 10.9. The van der Waals surface area contributed by atoms with Gasteiger partial charge in [0.1, 0.15) is 5.82 Å². The van der Waals surface area contributed by atoms with Crippen LogP contribution in [0, 0.1) is 13.8 Å². The van der Waals surface area contributed by atoms with Crippen molar-refractivity contribution in [3.05, 3.63) is 75.3 Å². The Hall–Kier alpha value is -2.95. The molecule has 140 valence electrons. The quantitative estimate of drug-likeness (QED) is 0.731. The van der Waals surface area contributed by atoms with Crippen molar-refractivity contribution in [1.29, 1.82) is 0 Å². The van der Waals surface area contributed by atoms with Gasteiger partial charge in [0.25, 0.3) is 5.56 Å². The van der Waals surface area contributed by atoms with E-state index in [0.29, 0.717) is 42.7 Å². The van der Waals surface area contributed by atoms with Crippen LogP contribution in [-0.2, 0) is 24.3 Å². The number of hydrogen-bond acceptors (Lipinski definition) is 3. The third-order valence-electron chi connectivity index (χ3n) is 4.65. The number of carbonyl (C=O) groups is 1. The second-order valence-electron chi connectivity index (χ2n) is 6.86. The lowest BCUT2D eigenvalue weighted by Gasteiger charge is -2.12. The smallest absolute Gasteiger partial charge is 0.261 e. The summed E-state index contributed by atoms with van der Waals surface area (Å²) in [6, 6.07) is 13.8. The van der Waals surface area contributed by atoms with Gasteiger partial charge in [0.15, 0.2) is 0 Å². The fourth-order valence-electron chi connectivity index (χ4n) is 3.23. The van der Waals surface area contributed by atoms with E-state index in [-0.39, 0.29) is 11.5 Å². The number of nitrogens with zero attached hydrogens (tertiary/aromatic N) is 2. The minimum absolute atomic E-state index is 0.0404. The van der Waals surface area contributed by atoms with Crippen LogP contribution >= 0.6 is 0 Å². The Labute approximate surface area is 159 Å². The number of aromatic nitrogens is 2. The van der Waals surface area contributed by atoms with Gasteiger partial charge < -0.3 is 5.32 Å². The van der Waals surface area contributed by atoms with Gasteiger partial charge in [-0.05, 0) is 38.5 Å². The summed E-state index contributed by atoms with van der Waals surface area (Å²) in [7, 11) is 0. The van der Waals surface area contributed by atoms with Gasteiger partial charge in [-0.3, -0.25) is 14.2 Å². The maximum atomic E-state index is 12.7. The molecule has 5 heteroatoms. The average molecular weight is 363 g/mol.